The number of benzene rings is 1. The first kappa shape index (κ1) is 13.4. The van der Waals surface area contributed by atoms with Crippen LogP contribution in [0.25, 0.3) is 11.5 Å². The van der Waals surface area contributed by atoms with Gasteiger partial charge in [-0.15, -0.1) is 0 Å². The number of hydrogen-bond acceptors (Lipinski definition) is 6. The number of hydrogen-bond donors (Lipinski definition) is 1. The molecule has 1 saturated heterocycles. The molecule has 6 nitrogen and oxygen atoms in total. The number of sulfone groups is 1. The number of aromatic nitrogens is 2. The van der Waals surface area contributed by atoms with Gasteiger partial charge in [0.15, 0.2) is 15.7 Å². The number of phenolic OH excluding ortho intramolecular Hbond substituents is 1. The highest BCUT2D eigenvalue weighted by Crippen LogP contribution is 2.31. The Morgan fingerprint density at radius 1 is 1.40 bits per heavy atom. The molecule has 1 aromatic carbocycles. The van der Waals surface area contributed by atoms with E-state index in [4.69, 9.17) is 16.1 Å². The predicted molar refractivity (Wildman–Crippen MR) is 72.4 cm³/mol. The largest absolute Gasteiger partial charge is 0.506 e. The highest BCUT2D eigenvalue weighted by Gasteiger charge is 2.32. The van der Waals surface area contributed by atoms with Gasteiger partial charge in [0.05, 0.1) is 16.5 Å². The Morgan fingerprint density at radius 3 is 2.85 bits per heavy atom. The first-order valence-corrected chi connectivity index (χ1v) is 8.17. The number of aromatic hydroxyl groups is 1. The first-order chi connectivity index (χ1) is 9.44. The number of rotatable bonds is 2. The average molecular weight is 315 g/mol. The van der Waals surface area contributed by atoms with Gasteiger partial charge in [0.1, 0.15) is 5.75 Å². The van der Waals surface area contributed by atoms with E-state index in [0.717, 1.165) is 0 Å². The van der Waals surface area contributed by atoms with E-state index in [9.17, 15) is 13.5 Å². The third-order valence-corrected chi connectivity index (χ3v) is 5.30. The highest BCUT2D eigenvalue weighted by atomic mass is 35.5. The molecule has 0 aliphatic carbocycles. The fraction of sp³-hybridized carbons (Fsp3) is 0.333. The van der Waals surface area contributed by atoms with Crippen molar-refractivity contribution in [3.05, 3.63) is 29.0 Å². The molecule has 0 spiro atoms. The fourth-order valence-electron chi connectivity index (χ4n) is 2.16. The van der Waals surface area contributed by atoms with Crippen molar-refractivity contribution >= 4 is 21.4 Å². The maximum absolute atomic E-state index is 11.4. The minimum absolute atomic E-state index is 0.0305. The van der Waals surface area contributed by atoms with Crippen LogP contribution in [0.5, 0.6) is 5.75 Å². The Labute approximate surface area is 120 Å². The van der Waals surface area contributed by atoms with Crippen LogP contribution in [0.1, 0.15) is 18.2 Å². The van der Waals surface area contributed by atoms with E-state index >= 15 is 0 Å². The van der Waals surface area contributed by atoms with Crippen molar-refractivity contribution in [3.8, 4) is 17.2 Å². The molecule has 0 saturated carbocycles. The molecule has 2 aromatic rings. The molecule has 1 aliphatic heterocycles. The van der Waals surface area contributed by atoms with Crippen LogP contribution in [-0.2, 0) is 9.84 Å². The molecule has 1 fully saturated rings. The molecule has 106 valence electrons. The zero-order valence-corrected chi connectivity index (χ0v) is 11.9. The van der Waals surface area contributed by atoms with Crippen molar-refractivity contribution in [1.29, 1.82) is 0 Å². The van der Waals surface area contributed by atoms with Gasteiger partial charge in [-0.2, -0.15) is 4.98 Å². The van der Waals surface area contributed by atoms with E-state index in [1.807, 2.05) is 0 Å². The van der Waals surface area contributed by atoms with Crippen molar-refractivity contribution in [2.75, 3.05) is 11.5 Å². The molecule has 20 heavy (non-hydrogen) atoms. The van der Waals surface area contributed by atoms with E-state index in [0.29, 0.717) is 17.8 Å². The maximum Gasteiger partial charge on any atom is 0.257 e. The number of halogens is 1. The lowest BCUT2D eigenvalue weighted by atomic mass is 10.1. The molecule has 1 atom stereocenters. The predicted octanol–water partition coefficient (Wildman–Crippen LogP) is 2.00. The lowest BCUT2D eigenvalue weighted by molar-refractivity contribution is 0.417. The van der Waals surface area contributed by atoms with Crippen LogP contribution < -0.4 is 0 Å². The van der Waals surface area contributed by atoms with Crippen molar-refractivity contribution < 1.29 is 18.0 Å². The molecule has 0 bridgehead atoms. The van der Waals surface area contributed by atoms with Gasteiger partial charge in [-0.3, -0.25) is 0 Å². The van der Waals surface area contributed by atoms with Gasteiger partial charge in [-0.05, 0) is 24.6 Å². The summed E-state index contributed by atoms with van der Waals surface area (Å²) in [6, 6.07) is 4.55. The van der Waals surface area contributed by atoms with E-state index in [1.165, 1.54) is 12.1 Å². The standard InChI is InChI=1S/C12H11ClN2O4S/c13-9-5-7(1-2-10(9)16)12-14-11(15-19-12)8-3-4-20(17,18)6-8/h1-2,5,8,16H,3-4,6H2. The Balaban J connectivity index is 1.89. The minimum Gasteiger partial charge on any atom is -0.506 e. The molecule has 2 heterocycles. The van der Waals surface area contributed by atoms with Gasteiger partial charge < -0.3 is 9.63 Å². The van der Waals surface area contributed by atoms with Crippen LogP contribution in [-0.4, -0.2) is 35.2 Å². The quantitative estimate of drug-likeness (QED) is 0.911. The van der Waals surface area contributed by atoms with Gasteiger partial charge in [-0.1, -0.05) is 16.8 Å². The second-order valence-corrected chi connectivity index (χ2v) is 7.36. The van der Waals surface area contributed by atoms with Crippen molar-refractivity contribution in [3.63, 3.8) is 0 Å². The summed E-state index contributed by atoms with van der Waals surface area (Å²) in [5.41, 5.74) is 0.576. The smallest absolute Gasteiger partial charge is 0.257 e. The topological polar surface area (TPSA) is 93.3 Å². The van der Waals surface area contributed by atoms with Gasteiger partial charge in [0, 0.05) is 11.5 Å². The summed E-state index contributed by atoms with van der Waals surface area (Å²) < 4.78 is 28.0. The van der Waals surface area contributed by atoms with E-state index in [1.54, 1.807) is 6.07 Å². The molecule has 0 amide bonds. The Kier molecular flexibility index (Phi) is 3.18. The van der Waals surface area contributed by atoms with Crippen LogP contribution in [0.3, 0.4) is 0 Å². The van der Waals surface area contributed by atoms with E-state index < -0.39 is 9.84 Å². The molecule has 0 radical (unpaired) electrons. The van der Waals surface area contributed by atoms with Crippen LogP contribution in [0, 0.1) is 0 Å². The maximum atomic E-state index is 11.4. The fourth-order valence-corrected chi connectivity index (χ4v) is 4.08. The monoisotopic (exact) mass is 314 g/mol. The SMILES string of the molecule is O=S1(=O)CCC(c2noc(-c3ccc(O)c(Cl)c3)n2)C1. The third kappa shape index (κ3) is 2.51. The molecule has 1 aliphatic rings. The summed E-state index contributed by atoms with van der Waals surface area (Å²) in [5.74, 6) is 0.619. The Hall–Kier alpha value is -1.60. The summed E-state index contributed by atoms with van der Waals surface area (Å²) in [4.78, 5) is 4.22. The van der Waals surface area contributed by atoms with Crippen molar-refractivity contribution in [2.45, 2.75) is 12.3 Å². The van der Waals surface area contributed by atoms with Gasteiger partial charge in [0.25, 0.3) is 5.89 Å². The first-order valence-electron chi connectivity index (χ1n) is 5.97. The van der Waals surface area contributed by atoms with Crippen molar-refractivity contribution in [1.82, 2.24) is 10.1 Å². The Bertz CT molecular complexity index is 757. The molecule has 8 heteroatoms. The van der Waals surface area contributed by atoms with Crippen LogP contribution >= 0.6 is 11.6 Å². The van der Waals surface area contributed by atoms with Crippen LogP contribution in [0.15, 0.2) is 22.7 Å². The molecule has 1 N–H and O–H groups in total. The van der Waals surface area contributed by atoms with Crippen LogP contribution in [0.2, 0.25) is 5.02 Å². The second-order valence-electron chi connectivity index (χ2n) is 4.72. The van der Waals surface area contributed by atoms with Gasteiger partial charge >= 0.3 is 0 Å². The van der Waals surface area contributed by atoms with Crippen LogP contribution in [0.4, 0.5) is 0 Å². The average Bonchev–Trinajstić information content (AvgIpc) is 2.99. The van der Waals surface area contributed by atoms with Gasteiger partial charge in [-0.25, -0.2) is 8.42 Å². The van der Waals surface area contributed by atoms with E-state index in [2.05, 4.69) is 10.1 Å². The molecule has 3 rings (SSSR count). The molecular formula is C12H11ClN2O4S. The Morgan fingerprint density at radius 2 is 2.20 bits per heavy atom. The summed E-state index contributed by atoms with van der Waals surface area (Å²) in [6.07, 6.45) is 0.512. The molecule has 1 unspecified atom stereocenters. The van der Waals surface area contributed by atoms with E-state index in [-0.39, 0.29) is 34.1 Å². The third-order valence-electron chi connectivity index (χ3n) is 3.23. The number of nitrogens with zero attached hydrogens (tertiary/aromatic N) is 2. The van der Waals surface area contributed by atoms with Crippen molar-refractivity contribution in [2.24, 2.45) is 0 Å². The normalized spacial score (nSPS) is 21.1. The lowest BCUT2D eigenvalue weighted by Gasteiger charge is -1.99. The lowest BCUT2D eigenvalue weighted by Crippen LogP contribution is -2.05. The second kappa shape index (κ2) is 4.75. The molecule has 1 aromatic heterocycles. The van der Waals surface area contributed by atoms with Gasteiger partial charge in [0.2, 0.25) is 0 Å². The molecular weight excluding hydrogens is 304 g/mol. The zero-order valence-electron chi connectivity index (χ0n) is 10.3. The zero-order chi connectivity index (χ0) is 14.3. The summed E-state index contributed by atoms with van der Waals surface area (Å²) in [5, 5.41) is 13.4. The summed E-state index contributed by atoms with van der Waals surface area (Å²) >= 11 is 5.82. The number of phenols is 1. The highest BCUT2D eigenvalue weighted by molar-refractivity contribution is 7.91. The summed E-state index contributed by atoms with van der Waals surface area (Å²) in [6.45, 7) is 0. The minimum atomic E-state index is -2.99. The summed E-state index contributed by atoms with van der Waals surface area (Å²) in [7, 11) is -2.99.